The summed E-state index contributed by atoms with van der Waals surface area (Å²) in [6.45, 7) is 1.73. The van der Waals surface area contributed by atoms with E-state index < -0.39 is 5.82 Å². The molecule has 0 saturated heterocycles. The molecule has 98 valence electrons. The van der Waals surface area contributed by atoms with Crippen LogP contribution in [0, 0.1) is 12.7 Å². The fourth-order valence-corrected chi connectivity index (χ4v) is 2.07. The number of hydrogen-bond donors (Lipinski definition) is 1. The highest BCUT2D eigenvalue weighted by Crippen LogP contribution is 2.25. The molecule has 2 nitrogen and oxygen atoms in total. The van der Waals surface area contributed by atoms with E-state index >= 15 is 0 Å². The highest BCUT2D eigenvalue weighted by Gasteiger charge is 2.09. The average Bonchev–Trinajstić information content (AvgIpc) is 2.32. The number of carbonyl (C=O) groups is 1. The van der Waals surface area contributed by atoms with Gasteiger partial charge in [0.25, 0.3) is 5.91 Å². The molecule has 0 aromatic heterocycles. The van der Waals surface area contributed by atoms with Gasteiger partial charge in [-0.05, 0) is 64.8 Å². The largest absolute Gasteiger partial charge is 0.322 e. The third-order valence-corrected chi connectivity index (χ3v) is 3.71. The molecule has 1 amide bonds. The minimum Gasteiger partial charge on any atom is -0.322 e. The Balaban J connectivity index is 2.22. The Morgan fingerprint density at radius 3 is 2.63 bits per heavy atom. The molecule has 0 saturated carbocycles. The lowest BCUT2D eigenvalue weighted by molar-refractivity contribution is 0.102. The standard InChI is InChI=1S/C14H10BrClFNO/c1-8-4-9(6-10(17)5-8)14(19)18-11-2-3-12(15)13(16)7-11/h2-7H,1H3,(H,18,19). The molecule has 0 heterocycles. The predicted molar refractivity (Wildman–Crippen MR) is 78.2 cm³/mol. The first-order valence-electron chi connectivity index (χ1n) is 5.49. The topological polar surface area (TPSA) is 29.1 Å². The lowest BCUT2D eigenvalue weighted by Gasteiger charge is -2.07. The molecule has 0 radical (unpaired) electrons. The van der Waals surface area contributed by atoms with Crippen molar-refractivity contribution in [3.8, 4) is 0 Å². The maximum absolute atomic E-state index is 13.2. The summed E-state index contributed by atoms with van der Waals surface area (Å²) in [4.78, 5) is 12.0. The summed E-state index contributed by atoms with van der Waals surface area (Å²) in [5.41, 5.74) is 1.52. The van der Waals surface area contributed by atoms with Crippen LogP contribution in [-0.2, 0) is 0 Å². The van der Waals surface area contributed by atoms with Crippen LogP contribution in [0.15, 0.2) is 40.9 Å². The van der Waals surface area contributed by atoms with Crippen LogP contribution in [0.4, 0.5) is 10.1 Å². The normalized spacial score (nSPS) is 10.3. The number of anilines is 1. The highest BCUT2D eigenvalue weighted by molar-refractivity contribution is 9.10. The van der Waals surface area contributed by atoms with Crippen LogP contribution in [0.25, 0.3) is 0 Å². The molecule has 0 fully saturated rings. The SMILES string of the molecule is Cc1cc(F)cc(C(=O)Nc2ccc(Br)c(Cl)c2)c1. The van der Waals surface area contributed by atoms with Crippen LogP contribution in [-0.4, -0.2) is 5.91 Å². The van der Waals surface area contributed by atoms with E-state index in [1.54, 1.807) is 31.2 Å². The monoisotopic (exact) mass is 341 g/mol. The lowest BCUT2D eigenvalue weighted by atomic mass is 10.1. The number of benzene rings is 2. The summed E-state index contributed by atoms with van der Waals surface area (Å²) in [5.74, 6) is -0.806. The van der Waals surface area contributed by atoms with E-state index in [0.717, 1.165) is 4.47 Å². The minimum atomic E-state index is -0.431. The maximum Gasteiger partial charge on any atom is 0.255 e. The molecular weight excluding hydrogens is 333 g/mol. The zero-order valence-corrected chi connectivity index (χ0v) is 12.3. The number of aryl methyl sites for hydroxylation is 1. The van der Waals surface area contributed by atoms with Gasteiger partial charge >= 0.3 is 0 Å². The van der Waals surface area contributed by atoms with Crippen molar-refractivity contribution in [1.29, 1.82) is 0 Å². The Morgan fingerprint density at radius 2 is 2.00 bits per heavy atom. The Labute approximate surface area is 123 Å². The van der Waals surface area contributed by atoms with Gasteiger partial charge in [-0.25, -0.2) is 4.39 Å². The maximum atomic E-state index is 13.2. The molecule has 2 aromatic carbocycles. The van der Waals surface area contributed by atoms with Crippen molar-refractivity contribution in [2.45, 2.75) is 6.92 Å². The zero-order valence-electron chi connectivity index (χ0n) is 10.0. The summed E-state index contributed by atoms with van der Waals surface area (Å²) in [7, 11) is 0. The Bertz CT molecular complexity index is 625. The Morgan fingerprint density at radius 1 is 1.26 bits per heavy atom. The molecule has 5 heteroatoms. The second-order valence-electron chi connectivity index (χ2n) is 4.10. The summed E-state index contributed by atoms with van der Waals surface area (Å²) in [6, 6.07) is 9.25. The van der Waals surface area contributed by atoms with Gasteiger partial charge in [0.2, 0.25) is 0 Å². The molecule has 19 heavy (non-hydrogen) atoms. The second kappa shape index (κ2) is 5.72. The predicted octanol–water partition coefficient (Wildman–Crippen LogP) is 4.80. The van der Waals surface area contributed by atoms with E-state index in [0.29, 0.717) is 16.3 Å². The van der Waals surface area contributed by atoms with E-state index in [1.165, 1.54) is 12.1 Å². The summed E-state index contributed by atoms with van der Waals surface area (Å²) in [6.07, 6.45) is 0. The smallest absolute Gasteiger partial charge is 0.255 e. The molecular formula is C14H10BrClFNO. The summed E-state index contributed by atoms with van der Waals surface area (Å²) in [5, 5.41) is 3.16. The van der Waals surface area contributed by atoms with Crippen molar-refractivity contribution >= 4 is 39.1 Å². The van der Waals surface area contributed by atoms with Gasteiger partial charge < -0.3 is 5.32 Å². The van der Waals surface area contributed by atoms with Crippen LogP contribution in [0.1, 0.15) is 15.9 Å². The van der Waals surface area contributed by atoms with Gasteiger partial charge in [0.15, 0.2) is 0 Å². The van der Waals surface area contributed by atoms with E-state index in [1.807, 2.05) is 0 Å². The highest BCUT2D eigenvalue weighted by atomic mass is 79.9. The molecule has 0 aliphatic heterocycles. The van der Waals surface area contributed by atoms with Gasteiger partial charge in [0.05, 0.1) is 5.02 Å². The van der Waals surface area contributed by atoms with Gasteiger partial charge in [-0.1, -0.05) is 11.6 Å². The molecule has 0 bridgehead atoms. The van der Waals surface area contributed by atoms with Crippen molar-refractivity contribution in [1.82, 2.24) is 0 Å². The molecule has 0 atom stereocenters. The van der Waals surface area contributed by atoms with E-state index in [9.17, 15) is 9.18 Å². The van der Waals surface area contributed by atoms with E-state index in [4.69, 9.17) is 11.6 Å². The van der Waals surface area contributed by atoms with Crippen LogP contribution >= 0.6 is 27.5 Å². The summed E-state index contributed by atoms with van der Waals surface area (Å²) < 4.78 is 14.0. The minimum absolute atomic E-state index is 0.275. The van der Waals surface area contributed by atoms with Gasteiger partial charge in [-0.3, -0.25) is 4.79 Å². The zero-order chi connectivity index (χ0) is 14.0. The van der Waals surface area contributed by atoms with Crippen molar-refractivity contribution < 1.29 is 9.18 Å². The van der Waals surface area contributed by atoms with Gasteiger partial charge in [0.1, 0.15) is 5.82 Å². The molecule has 0 aliphatic rings. The van der Waals surface area contributed by atoms with Gasteiger partial charge in [-0.2, -0.15) is 0 Å². The lowest BCUT2D eigenvalue weighted by Crippen LogP contribution is -2.12. The molecule has 0 aliphatic carbocycles. The quantitative estimate of drug-likeness (QED) is 0.834. The first-order chi connectivity index (χ1) is 8.95. The van der Waals surface area contributed by atoms with Crippen molar-refractivity contribution in [3.63, 3.8) is 0 Å². The number of nitrogens with one attached hydrogen (secondary N) is 1. The number of hydrogen-bond acceptors (Lipinski definition) is 1. The third kappa shape index (κ3) is 3.55. The second-order valence-corrected chi connectivity index (χ2v) is 5.36. The first-order valence-corrected chi connectivity index (χ1v) is 6.66. The summed E-state index contributed by atoms with van der Waals surface area (Å²) >= 11 is 9.20. The first kappa shape index (κ1) is 14.0. The third-order valence-electron chi connectivity index (χ3n) is 2.48. The average molecular weight is 343 g/mol. The fraction of sp³-hybridized carbons (Fsp3) is 0.0714. The molecule has 2 aromatic rings. The van der Waals surface area contributed by atoms with Crippen molar-refractivity contribution in [3.05, 3.63) is 62.8 Å². The number of amides is 1. The Kier molecular flexibility index (Phi) is 4.22. The molecule has 1 N–H and O–H groups in total. The molecule has 0 unspecified atom stereocenters. The van der Waals surface area contributed by atoms with Crippen molar-refractivity contribution in [2.24, 2.45) is 0 Å². The van der Waals surface area contributed by atoms with Gasteiger partial charge in [0, 0.05) is 15.7 Å². The molecule has 0 spiro atoms. The Hall–Kier alpha value is -1.39. The fourth-order valence-electron chi connectivity index (χ4n) is 1.64. The van der Waals surface area contributed by atoms with E-state index in [-0.39, 0.29) is 11.5 Å². The van der Waals surface area contributed by atoms with E-state index in [2.05, 4.69) is 21.2 Å². The van der Waals surface area contributed by atoms with Crippen molar-refractivity contribution in [2.75, 3.05) is 5.32 Å². The van der Waals surface area contributed by atoms with Crippen LogP contribution in [0.3, 0.4) is 0 Å². The number of carbonyl (C=O) groups excluding carboxylic acids is 1. The number of rotatable bonds is 2. The van der Waals surface area contributed by atoms with Crippen LogP contribution < -0.4 is 5.32 Å². The number of halogens is 3. The van der Waals surface area contributed by atoms with Gasteiger partial charge in [-0.15, -0.1) is 0 Å². The van der Waals surface area contributed by atoms with Crippen LogP contribution in [0.2, 0.25) is 5.02 Å². The molecule has 2 rings (SSSR count). The van der Waals surface area contributed by atoms with Crippen LogP contribution in [0.5, 0.6) is 0 Å².